The Bertz CT molecular complexity index is 662. The second-order valence-corrected chi connectivity index (χ2v) is 4.13. The van der Waals surface area contributed by atoms with Gasteiger partial charge in [-0.3, -0.25) is 9.59 Å². The quantitative estimate of drug-likeness (QED) is 0.924. The fraction of sp³-hybridized carbons (Fsp3) is 0.214. The van der Waals surface area contributed by atoms with Crippen molar-refractivity contribution in [2.45, 2.75) is 20.4 Å². The normalized spacial score (nSPS) is 10.1. The largest absolute Gasteiger partial charge is 0.435 e. The van der Waals surface area contributed by atoms with E-state index in [0.29, 0.717) is 18.0 Å². The molecule has 0 spiro atoms. The highest BCUT2D eigenvalue weighted by molar-refractivity contribution is 5.88. The van der Waals surface area contributed by atoms with Crippen LogP contribution in [0.25, 0.3) is 0 Å². The lowest BCUT2D eigenvalue weighted by atomic mass is 10.3. The van der Waals surface area contributed by atoms with E-state index in [1.807, 2.05) is 6.92 Å². The third-order valence-corrected chi connectivity index (χ3v) is 2.61. The van der Waals surface area contributed by atoms with Gasteiger partial charge in [0.2, 0.25) is 5.91 Å². The van der Waals surface area contributed by atoms with Gasteiger partial charge in [0, 0.05) is 31.5 Å². The Balaban J connectivity index is 2.18. The summed E-state index contributed by atoms with van der Waals surface area (Å²) in [6.07, 6.45) is 3.13. The molecule has 0 unspecified atom stereocenters. The van der Waals surface area contributed by atoms with E-state index in [2.05, 4.69) is 10.3 Å². The van der Waals surface area contributed by atoms with Crippen LogP contribution in [-0.4, -0.2) is 15.5 Å². The van der Waals surface area contributed by atoms with Crippen molar-refractivity contribution in [3.05, 3.63) is 47.0 Å². The summed E-state index contributed by atoms with van der Waals surface area (Å²) in [5, 5.41) is 2.65. The number of carbonyl (C=O) groups is 1. The molecule has 0 radical (unpaired) electrons. The van der Waals surface area contributed by atoms with Crippen LogP contribution in [-0.2, 0) is 11.3 Å². The molecule has 0 fully saturated rings. The summed E-state index contributed by atoms with van der Waals surface area (Å²) in [5.74, 6) is 0.369. The molecule has 0 saturated carbocycles. The number of benzene rings is 1. The number of aryl methyl sites for hydroxylation is 1. The smallest absolute Gasteiger partial charge is 0.313 e. The zero-order chi connectivity index (χ0) is 14.5. The third kappa shape index (κ3) is 3.23. The Morgan fingerprint density at radius 1 is 1.35 bits per heavy atom. The van der Waals surface area contributed by atoms with Crippen LogP contribution in [0.5, 0.6) is 11.6 Å². The standard InChI is InChI=1S/C14H15N3O3/c1-3-17-9-8-15-13(14(17)19)20-12-6-4-11(5-7-12)16-10(2)18/h4-9H,3H2,1-2H3,(H,16,18). The predicted molar refractivity (Wildman–Crippen MR) is 75.0 cm³/mol. The van der Waals surface area contributed by atoms with Crippen molar-refractivity contribution in [2.24, 2.45) is 0 Å². The minimum absolute atomic E-state index is 0.0293. The predicted octanol–water partition coefficient (Wildman–Crippen LogP) is 2.01. The molecule has 1 aromatic heterocycles. The van der Waals surface area contributed by atoms with Crippen molar-refractivity contribution in [1.29, 1.82) is 0 Å². The van der Waals surface area contributed by atoms with Crippen molar-refractivity contribution in [2.75, 3.05) is 5.32 Å². The summed E-state index contributed by atoms with van der Waals surface area (Å²) in [4.78, 5) is 26.8. The van der Waals surface area contributed by atoms with Gasteiger partial charge in [-0.25, -0.2) is 4.98 Å². The monoisotopic (exact) mass is 273 g/mol. The molecule has 20 heavy (non-hydrogen) atoms. The summed E-state index contributed by atoms with van der Waals surface area (Å²) in [6.45, 7) is 3.86. The molecule has 6 nitrogen and oxygen atoms in total. The molecule has 0 aliphatic rings. The summed E-state index contributed by atoms with van der Waals surface area (Å²) < 4.78 is 6.96. The SMILES string of the molecule is CCn1ccnc(Oc2ccc(NC(C)=O)cc2)c1=O. The van der Waals surface area contributed by atoms with Gasteiger partial charge in [-0.2, -0.15) is 0 Å². The Hall–Kier alpha value is -2.63. The van der Waals surface area contributed by atoms with E-state index in [9.17, 15) is 9.59 Å². The second kappa shape index (κ2) is 6.01. The lowest BCUT2D eigenvalue weighted by Gasteiger charge is -2.07. The van der Waals surface area contributed by atoms with Gasteiger partial charge in [0.1, 0.15) is 5.75 Å². The van der Waals surface area contributed by atoms with Crippen molar-refractivity contribution in [1.82, 2.24) is 9.55 Å². The lowest BCUT2D eigenvalue weighted by molar-refractivity contribution is -0.114. The maximum atomic E-state index is 11.9. The van der Waals surface area contributed by atoms with Gasteiger partial charge in [0.15, 0.2) is 0 Å². The van der Waals surface area contributed by atoms with E-state index >= 15 is 0 Å². The van der Waals surface area contributed by atoms with Gasteiger partial charge >= 0.3 is 5.56 Å². The van der Waals surface area contributed by atoms with Gasteiger partial charge < -0.3 is 14.6 Å². The first-order valence-corrected chi connectivity index (χ1v) is 6.21. The highest BCUT2D eigenvalue weighted by Gasteiger charge is 2.06. The van der Waals surface area contributed by atoms with Crippen LogP contribution in [0.2, 0.25) is 0 Å². The molecule has 1 amide bonds. The van der Waals surface area contributed by atoms with Gasteiger partial charge in [-0.15, -0.1) is 0 Å². The molecule has 6 heteroatoms. The van der Waals surface area contributed by atoms with Gasteiger partial charge in [0.05, 0.1) is 0 Å². The zero-order valence-corrected chi connectivity index (χ0v) is 11.3. The number of amides is 1. The number of nitrogens with zero attached hydrogens (tertiary/aromatic N) is 2. The molecule has 0 aliphatic heterocycles. The van der Waals surface area contributed by atoms with Crippen molar-refractivity contribution in [3.63, 3.8) is 0 Å². The lowest BCUT2D eigenvalue weighted by Crippen LogP contribution is -2.20. The number of rotatable bonds is 4. The summed E-state index contributed by atoms with van der Waals surface area (Å²) in [6, 6.07) is 6.71. The topological polar surface area (TPSA) is 73.2 Å². The van der Waals surface area contributed by atoms with Crippen LogP contribution in [0, 0.1) is 0 Å². The van der Waals surface area contributed by atoms with Crippen molar-refractivity contribution in [3.8, 4) is 11.6 Å². The van der Waals surface area contributed by atoms with Crippen LogP contribution in [0.3, 0.4) is 0 Å². The van der Waals surface area contributed by atoms with Gasteiger partial charge in [-0.1, -0.05) is 0 Å². The summed E-state index contributed by atoms with van der Waals surface area (Å²) in [5.41, 5.74) is 0.387. The molecule has 1 aromatic carbocycles. The Labute approximate surface area is 116 Å². The molecule has 0 aliphatic carbocycles. The van der Waals surface area contributed by atoms with E-state index in [1.165, 1.54) is 17.7 Å². The van der Waals surface area contributed by atoms with Crippen LogP contribution < -0.4 is 15.6 Å². The van der Waals surface area contributed by atoms with E-state index in [-0.39, 0.29) is 17.3 Å². The van der Waals surface area contributed by atoms with Crippen LogP contribution in [0.4, 0.5) is 5.69 Å². The number of aromatic nitrogens is 2. The number of carbonyl (C=O) groups excluding carboxylic acids is 1. The van der Waals surface area contributed by atoms with Crippen LogP contribution in [0.1, 0.15) is 13.8 Å². The Morgan fingerprint density at radius 3 is 2.65 bits per heavy atom. The highest BCUT2D eigenvalue weighted by atomic mass is 16.5. The minimum atomic E-state index is -0.277. The zero-order valence-electron chi connectivity index (χ0n) is 11.3. The number of ether oxygens (including phenoxy) is 1. The first kappa shape index (κ1) is 13.8. The van der Waals surface area contributed by atoms with Crippen molar-refractivity contribution >= 4 is 11.6 Å². The fourth-order valence-electron chi connectivity index (χ4n) is 1.67. The van der Waals surface area contributed by atoms with E-state index in [4.69, 9.17) is 4.74 Å². The average Bonchev–Trinajstić information content (AvgIpc) is 2.43. The number of hydrogen-bond acceptors (Lipinski definition) is 4. The molecular weight excluding hydrogens is 258 g/mol. The molecule has 104 valence electrons. The molecule has 1 N–H and O–H groups in total. The molecule has 0 bridgehead atoms. The average molecular weight is 273 g/mol. The molecule has 2 aromatic rings. The van der Waals surface area contributed by atoms with E-state index < -0.39 is 0 Å². The first-order valence-electron chi connectivity index (χ1n) is 6.21. The fourth-order valence-corrected chi connectivity index (χ4v) is 1.67. The first-order chi connectivity index (χ1) is 9.60. The van der Waals surface area contributed by atoms with E-state index in [1.54, 1.807) is 30.5 Å². The molecule has 2 rings (SSSR count). The molecular formula is C14H15N3O3. The van der Waals surface area contributed by atoms with Crippen molar-refractivity contribution < 1.29 is 9.53 Å². The number of hydrogen-bond donors (Lipinski definition) is 1. The molecule has 1 heterocycles. The maximum absolute atomic E-state index is 11.9. The Morgan fingerprint density at radius 2 is 2.05 bits per heavy atom. The number of anilines is 1. The van der Waals surface area contributed by atoms with Gasteiger partial charge in [-0.05, 0) is 31.2 Å². The minimum Gasteiger partial charge on any atom is -0.435 e. The molecule has 0 atom stereocenters. The van der Waals surface area contributed by atoms with Gasteiger partial charge in [0.25, 0.3) is 5.88 Å². The van der Waals surface area contributed by atoms with Crippen LogP contribution >= 0.6 is 0 Å². The highest BCUT2D eigenvalue weighted by Crippen LogP contribution is 2.19. The maximum Gasteiger partial charge on any atom is 0.313 e. The Kier molecular flexibility index (Phi) is 4.14. The third-order valence-electron chi connectivity index (χ3n) is 2.61. The second-order valence-electron chi connectivity index (χ2n) is 4.13. The van der Waals surface area contributed by atoms with E-state index in [0.717, 1.165) is 0 Å². The summed E-state index contributed by atoms with van der Waals surface area (Å²) >= 11 is 0. The number of nitrogens with one attached hydrogen (secondary N) is 1. The van der Waals surface area contributed by atoms with Crippen LogP contribution in [0.15, 0.2) is 41.5 Å². The summed E-state index contributed by atoms with van der Waals surface area (Å²) in [7, 11) is 0. The molecule has 0 saturated heterocycles.